The fourth-order valence-electron chi connectivity index (χ4n) is 1.99. The van der Waals surface area contributed by atoms with Gasteiger partial charge in [0.25, 0.3) is 0 Å². The number of hydrogen-bond donors (Lipinski definition) is 0. The Bertz CT molecular complexity index is 842. The molecule has 0 spiro atoms. The van der Waals surface area contributed by atoms with Gasteiger partial charge >= 0.3 is 11.4 Å². The molecule has 8 heteroatoms. The molecule has 7 nitrogen and oxygen atoms in total. The van der Waals surface area contributed by atoms with Gasteiger partial charge in [0.05, 0.1) is 31.0 Å². The average Bonchev–Trinajstić information content (AvgIpc) is 2.81. The highest BCUT2D eigenvalue weighted by Gasteiger charge is 2.27. The highest BCUT2D eigenvalue weighted by molar-refractivity contribution is 7.16. The first-order chi connectivity index (χ1) is 9.08. The zero-order chi connectivity index (χ0) is 13.6. The zero-order valence-corrected chi connectivity index (χ0v) is 10.1. The van der Waals surface area contributed by atoms with Gasteiger partial charge in [-0.2, -0.15) is 0 Å². The lowest BCUT2D eigenvalue weighted by molar-refractivity contribution is -0.421. The largest absolute Gasteiger partial charge is 0.353 e. The first kappa shape index (κ1) is 11.5. The van der Waals surface area contributed by atoms with E-state index >= 15 is 0 Å². The SMILES string of the molecule is O=[N+]([O-])c1ccc2cc3scnc3cc2c1[N+](=O)[O-]. The Labute approximate surface area is 109 Å². The molecule has 0 fully saturated rings. The van der Waals surface area contributed by atoms with E-state index in [-0.39, 0.29) is 5.39 Å². The highest BCUT2D eigenvalue weighted by atomic mass is 32.1. The van der Waals surface area contributed by atoms with Crippen LogP contribution in [0.2, 0.25) is 0 Å². The normalized spacial score (nSPS) is 10.9. The number of hydrogen-bond acceptors (Lipinski definition) is 6. The smallest absolute Gasteiger partial charge is 0.258 e. The van der Waals surface area contributed by atoms with E-state index in [0.717, 1.165) is 10.8 Å². The molecule has 1 heterocycles. The van der Waals surface area contributed by atoms with Crippen LogP contribution >= 0.6 is 11.3 Å². The van der Waals surface area contributed by atoms with Crippen LogP contribution in [0, 0.1) is 20.2 Å². The fourth-order valence-corrected chi connectivity index (χ4v) is 2.69. The van der Waals surface area contributed by atoms with E-state index < -0.39 is 21.2 Å². The van der Waals surface area contributed by atoms with Crippen molar-refractivity contribution >= 4 is 43.7 Å². The summed E-state index contributed by atoms with van der Waals surface area (Å²) in [5.74, 6) is 0. The number of nitro benzene ring substituents is 2. The van der Waals surface area contributed by atoms with Gasteiger partial charge in [0.2, 0.25) is 0 Å². The second-order valence-electron chi connectivity index (χ2n) is 3.84. The molecule has 0 unspecified atom stereocenters. The van der Waals surface area contributed by atoms with Crippen LogP contribution in [0.4, 0.5) is 11.4 Å². The molecule has 0 aliphatic carbocycles. The van der Waals surface area contributed by atoms with Crippen molar-refractivity contribution in [3.8, 4) is 0 Å². The van der Waals surface area contributed by atoms with Gasteiger partial charge in [0, 0.05) is 6.07 Å². The molecule has 0 saturated carbocycles. The van der Waals surface area contributed by atoms with Gasteiger partial charge in [-0.15, -0.1) is 11.3 Å². The van der Waals surface area contributed by atoms with Crippen molar-refractivity contribution in [3.63, 3.8) is 0 Å². The number of nitro groups is 2. The molecular formula is C11H5N3O4S. The summed E-state index contributed by atoms with van der Waals surface area (Å²) in [5.41, 5.74) is 1.23. The number of aromatic nitrogens is 1. The van der Waals surface area contributed by atoms with Crippen molar-refractivity contribution in [1.29, 1.82) is 0 Å². The van der Waals surface area contributed by atoms with Crippen molar-refractivity contribution in [3.05, 3.63) is 50.0 Å². The first-order valence-electron chi connectivity index (χ1n) is 5.16. The van der Waals surface area contributed by atoms with Gasteiger partial charge in [0.1, 0.15) is 0 Å². The molecular weight excluding hydrogens is 270 g/mol. The van der Waals surface area contributed by atoms with E-state index in [1.807, 2.05) is 0 Å². The van der Waals surface area contributed by atoms with Crippen molar-refractivity contribution in [2.45, 2.75) is 0 Å². The van der Waals surface area contributed by atoms with Gasteiger partial charge < -0.3 is 0 Å². The monoisotopic (exact) mass is 275 g/mol. The lowest BCUT2D eigenvalue weighted by Crippen LogP contribution is -1.97. The Morgan fingerprint density at radius 1 is 1.11 bits per heavy atom. The van der Waals surface area contributed by atoms with Crippen molar-refractivity contribution in [2.75, 3.05) is 0 Å². The summed E-state index contributed by atoms with van der Waals surface area (Å²) in [5, 5.41) is 22.8. The van der Waals surface area contributed by atoms with Gasteiger partial charge in [-0.1, -0.05) is 0 Å². The van der Waals surface area contributed by atoms with E-state index in [1.54, 1.807) is 11.6 Å². The van der Waals surface area contributed by atoms with Crippen molar-refractivity contribution in [1.82, 2.24) is 4.98 Å². The predicted octanol–water partition coefficient (Wildman–Crippen LogP) is 3.27. The Kier molecular flexibility index (Phi) is 2.39. The summed E-state index contributed by atoms with van der Waals surface area (Å²) >= 11 is 1.41. The molecule has 0 saturated heterocycles. The van der Waals surface area contributed by atoms with E-state index in [1.165, 1.54) is 23.5 Å². The van der Waals surface area contributed by atoms with Gasteiger partial charge in [-0.05, 0) is 23.6 Å². The molecule has 19 heavy (non-hydrogen) atoms. The lowest BCUT2D eigenvalue weighted by Gasteiger charge is -2.00. The zero-order valence-electron chi connectivity index (χ0n) is 9.27. The van der Waals surface area contributed by atoms with Crippen LogP contribution in [0.5, 0.6) is 0 Å². The number of rotatable bonds is 2. The summed E-state index contributed by atoms with van der Waals surface area (Å²) in [7, 11) is 0. The van der Waals surface area contributed by atoms with Crippen LogP contribution in [0.25, 0.3) is 21.0 Å². The maximum Gasteiger partial charge on any atom is 0.353 e. The molecule has 0 atom stereocenters. The molecule has 2 aromatic carbocycles. The molecule has 3 aromatic rings. The summed E-state index contributed by atoms with van der Waals surface area (Å²) in [4.78, 5) is 24.6. The van der Waals surface area contributed by atoms with Crippen molar-refractivity contribution in [2.24, 2.45) is 0 Å². The molecule has 0 amide bonds. The van der Waals surface area contributed by atoms with Crippen LogP contribution in [-0.2, 0) is 0 Å². The van der Waals surface area contributed by atoms with Crippen LogP contribution in [0.15, 0.2) is 29.8 Å². The fraction of sp³-hybridized carbons (Fsp3) is 0. The molecule has 0 bridgehead atoms. The third-order valence-corrected chi connectivity index (χ3v) is 3.59. The Hall–Kier alpha value is -2.61. The third-order valence-electron chi connectivity index (χ3n) is 2.80. The highest BCUT2D eigenvalue weighted by Crippen LogP contribution is 2.37. The first-order valence-corrected chi connectivity index (χ1v) is 6.04. The summed E-state index contributed by atoms with van der Waals surface area (Å²) in [6.07, 6.45) is 0. The van der Waals surface area contributed by atoms with Crippen LogP contribution in [0.3, 0.4) is 0 Å². The van der Waals surface area contributed by atoms with Crippen LogP contribution < -0.4 is 0 Å². The van der Waals surface area contributed by atoms with Crippen LogP contribution in [0.1, 0.15) is 0 Å². The van der Waals surface area contributed by atoms with Gasteiger partial charge in [0.15, 0.2) is 0 Å². The topological polar surface area (TPSA) is 99.2 Å². The average molecular weight is 275 g/mol. The van der Waals surface area contributed by atoms with E-state index in [0.29, 0.717) is 10.9 Å². The molecule has 3 rings (SSSR count). The lowest BCUT2D eigenvalue weighted by atomic mass is 10.1. The number of thiazole rings is 1. The minimum Gasteiger partial charge on any atom is -0.258 e. The maximum atomic E-state index is 11.1. The number of fused-ring (bicyclic) bond motifs is 2. The minimum absolute atomic E-state index is 0.234. The van der Waals surface area contributed by atoms with E-state index in [9.17, 15) is 20.2 Å². The minimum atomic E-state index is -0.747. The Balaban J connectivity index is 2.49. The Morgan fingerprint density at radius 3 is 2.58 bits per heavy atom. The molecule has 0 radical (unpaired) electrons. The second-order valence-corrected chi connectivity index (χ2v) is 4.73. The molecule has 0 aliphatic rings. The molecule has 1 aromatic heterocycles. The third kappa shape index (κ3) is 1.69. The molecule has 94 valence electrons. The van der Waals surface area contributed by atoms with E-state index in [4.69, 9.17) is 0 Å². The van der Waals surface area contributed by atoms with Gasteiger partial charge in [-0.3, -0.25) is 20.2 Å². The quantitative estimate of drug-likeness (QED) is 0.527. The maximum absolute atomic E-state index is 11.1. The Morgan fingerprint density at radius 2 is 1.89 bits per heavy atom. The predicted molar refractivity (Wildman–Crippen MR) is 70.4 cm³/mol. The van der Waals surface area contributed by atoms with Crippen LogP contribution in [-0.4, -0.2) is 14.8 Å². The van der Waals surface area contributed by atoms with Gasteiger partial charge in [-0.25, -0.2) is 4.98 Å². The summed E-state index contributed by atoms with van der Waals surface area (Å²) in [6.45, 7) is 0. The standard InChI is InChI=1S/C11H5N3O4S/c15-13(16)9-2-1-6-3-10-8(12-5-19-10)4-7(6)11(9)14(17)18/h1-5H. The summed E-state index contributed by atoms with van der Waals surface area (Å²) in [6, 6.07) is 5.94. The second kappa shape index (κ2) is 3.95. The van der Waals surface area contributed by atoms with Crippen molar-refractivity contribution < 1.29 is 9.85 Å². The summed E-state index contributed by atoms with van der Waals surface area (Å²) < 4.78 is 0.885. The molecule has 0 N–H and O–H groups in total. The number of nitrogens with zero attached hydrogens (tertiary/aromatic N) is 3. The molecule has 0 aliphatic heterocycles. The number of benzene rings is 2. The van der Waals surface area contributed by atoms with E-state index in [2.05, 4.69) is 4.98 Å².